The summed E-state index contributed by atoms with van der Waals surface area (Å²) in [6.07, 6.45) is 11.6. The van der Waals surface area contributed by atoms with Crippen molar-refractivity contribution in [3.05, 3.63) is 58.0 Å². The number of rotatable bonds is 3. The summed E-state index contributed by atoms with van der Waals surface area (Å²) in [6.45, 7) is 5.79. The number of amides is 1. The van der Waals surface area contributed by atoms with Crippen LogP contribution in [-0.2, 0) is 12.8 Å². The number of fused-ring (bicyclic) bond motifs is 1. The fraction of sp³-hybridized carbons (Fsp3) is 0.474. The molecule has 0 aromatic carbocycles. The van der Waals surface area contributed by atoms with Gasteiger partial charge in [-0.3, -0.25) is 9.59 Å². The predicted molar refractivity (Wildman–Crippen MR) is 91.7 cm³/mol. The molecule has 23 heavy (non-hydrogen) atoms. The van der Waals surface area contributed by atoms with E-state index in [0.717, 1.165) is 49.8 Å². The number of aryl methyl sites for hydroxylation is 2. The number of carbonyl (C=O) groups is 1. The summed E-state index contributed by atoms with van der Waals surface area (Å²) in [7, 11) is 0. The lowest BCUT2D eigenvalue weighted by atomic mass is 9.94. The summed E-state index contributed by atoms with van der Waals surface area (Å²) >= 11 is 0. The third kappa shape index (κ3) is 3.03. The van der Waals surface area contributed by atoms with Gasteiger partial charge in [-0.05, 0) is 57.1 Å². The van der Waals surface area contributed by atoms with Crippen molar-refractivity contribution in [2.75, 3.05) is 0 Å². The van der Waals surface area contributed by atoms with Gasteiger partial charge in [0.25, 0.3) is 11.5 Å². The van der Waals surface area contributed by atoms with E-state index in [1.54, 1.807) is 0 Å². The van der Waals surface area contributed by atoms with E-state index in [-0.39, 0.29) is 29.1 Å². The van der Waals surface area contributed by atoms with Crippen LogP contribution < -0.4 is 5.56 Å². The molecule has 3 rings (SSSR count). The molecule has 0 spiro atoms. The Morgan fingerprint density at radius 2 is 2.22 bits per heavy atom. The number of carbonyl (C=O) groups excluding carboxylic acids is 1. The Morgan fingerprint density at radius 1 is 1.43 bits per heavy atom. The molecule has 0 saturated carbocycles. The van der Waals surface area contributed by atoms with E-state index in [4.69, 9.17) is 0 Å². The highest BCUT2D eigenvalue weighted by Crippen LogP contribution is 2.24. The highest BCUT2D eigenvalue weighted by Gasteiger charge is 2.31. The van der Waals surface area contributed by atoms with Gasteiger partial charge in [0.2, 0.25) is 0 Å². The number of nitrogens with zero attached hydrogens (tertiary/aromatic N) is 1. The van der Waals surface area contributed by atoms with Gasteiger partial charge >= 0.3 is 0 Å². The maximum Gasteiger partial charge on any atom is 0.261 e. The number of H-pyrrole nitrogens is 1. The first kappa shape index (κ1) is 15.8. The molecule has 4 heteroatoms. The molecule has 4 nitrogen and oxygen atoms in total. The molecule has 122 valence electrons. The van der Waals surface area contributed by atoms with Crippen molar-refractivity contribution in [1.29, 1.82) is 0 Å². The van der Waals surface area contributed by atoms with Crippen LogP contribution in [0.5, 0.6) is 0 Å². The van der Waals surface area contributed by atoms with E-state index in [1.807, 2.05) is 30.0 Å². The molecule has 1 aromatic rings. The van der Waals surface area contributed by atoms with Crippen LogP contribution >= 0.6 is 0 Å². The fourth-order valence-corrected chi connectivity index (χ4v) is 3.70. The number of hydrogen-bond donors (Lipinski definition) is 1. The molecule has 0 unspecified atom stereocenters. The van der Waals surface area contributed by atoms with Crippen LogP contribution in [0.4, 0.5) is 0 Å². The van der Waals surface area contributed by atoms with Gasteiger partial charge in [-0.15, -0.1) is 6.58 Å². The summed E-state index contributed by atoms with van der Waals surface area (Å²) in [5.74, 6) is -0.164. The smallest absolute Gasteiger partial charge is 0.261 e. The van der Waals surface area contributed by atoms with E-state index in [9.17, 15) is 9.59 Å². The van der Waals surface area contributed by atoms with Crippen molar-refractivity contribution in [1.82, 2.24) is 9.88 Å². The van der Waals surface area contributed by atoms with Gasteiger partial charge in [-0.2, -0.15) is 0 Å². The van der Waals surface area contributed by atoms with Gasteiger partial charge < -0.3 is 9.88 Å². The first-order chi connectivity index (χ1) is 11.1. The highest BCUT2D eigenvalue weighted by molar-refractivity contribution is 5.94. The van der Waals surface area contributed by atoms with Crippen LogP contribution in [-0.4, -0.2) is 27.9 Å². The first-order valence-electron chi connectivity index (χ1n) is 8.47. The zero-order chi connectivity index (χ0) is 16.4. The van der Waals surface area contributed by atoms with Gasteiger partial charge in [-0.25, -0.2) is 0 Å². The molecule has 0 fully saturated rings. The standard InChI is InChI=1S/C19H24N2O2/c1-3-7-15-10-6-8-13(2)21(15)19(23)16-12-14-9-4-5-11-17(14)20-18(16)22/h3,6,8,12-13,15H,1,4-5,7,9-11H2,2H3,(H,20,22)/t13-,15-/m1/s1. The molecule has 2 aliphatic rings. The van der Waals surface area contributed by atoms with Crippen LogP contribution in [0.2, 0.25) is 0 Å². The summed E-state index contributed by atoms with van der Waals surface area (Å²) < 4.78 is 0. The summed E-state index contributed by atoms with van der Waals surface area (Å²) in [6, 6.07) is 1.90. The minimum absolute atomic E-state index is 0.00312. The van der Waals surface area contributed by atoms with Crippen molar-refractivity contribution >= 4 is 5.91 Å². The molecule has 1 N–H and O–H groups in total. The van der Waals surface area contributed by atoms with Crippen molar-refractivity contribution in [2.45, 2.75) is 57.5 Å². The van der Waals surface area contributed by atoms with Crippen molar-refractivity contribution in [3.63, 3.8) is 0 Å². The Morgan fingerprint density at radius 3 is 3.00 bits per heavy atom. The van der Waals surface area contributed by atoms with Gasteiger partial charge in [0.15, 0.2) is 0 Å². The first-order valence-corrected chi connectivity index (χ1v) is 8.47. The maximum absolute atomic E-state index is 13.0. The highest BCUT2D eigenvalue weighted by atomic mass is 16.2. The fourth-order valence-electron chi connectivity index (χ4n) is 3.70. The quantitative estimate of drug-likeness (QED) is 0.872. The normalized spacial score (nSPS) is 23.4. The van der Waals surface area contributed by atoms with E-state index in [2.05, 4.69) is 17.6 Å². The van der Waals surface area contributed by atoms with Gasteiger partial charge in [0.1, 0.15) is 5.56 Å². The lowest BCUT2D eigenvalue weighted by Gasteiger charge is -2.37. The SMILES string of the molecule is C=CC[C@@H]1CC=C[C@@H](C)N1C(=O)c1cc2c([nH]c1=O)CCCC2. The summed E-state index contributed by atoms with van der Waals surface area (Å²) in [4.78, 5) is 30.2. The van der Waals surface area contributed by atoms with Crippen molar-refractivity contribution in [2.24, 2.45) is 0 Å². The van der Waals surface area contributed by atoms with Crippen molar-refractivity contribution in [3.8, 4) is 0 Å². The van der Waals surface area contributed by atoms with Gasteiger partial charge in [-0.1, -0.05) is 18.2 Å². The van der Waals surface area contributed by atoms with Gasteiger partial charge in [0, 0.05) is 17.8 Å². The zero-order valence-electron chi connectivity index (χ0n) is 13.7. The lowest BCUT2D eigenvalue weighted by Crippen LogP contribution is -2.48. The molecule has 2 heterocycles. The van der Waals surface area contributed by atoms with Crippen LogP contribution in [0.15, 0.2) is 35.7 Å². The second kappa shape index (κ2) is 6.57. The van der Waals surface area contributed by atoms with Crippen LogP contribution in [0.25, 0.3) is 0 Å². The second-order valence-electron chi connectivity index (χ2n) is 6.52. The third-order valence-corrected chi connectivity index (χ3v) is 4.90. The third-order valence-electron chi connectivity index (χ3n) is 4.90. The topological polar surface area (TPSA) is 53.2 Å². The minimum atomic E-state index is -0.255. The van der Waals surface area contributed by atoms with Crippen LogP contribution in [0, 0.1) is 0 Å². The van der Waals surface area contributed by atoms with Crippen LogP contribution in [0.3, 0.4) is 0 Å². The average Bonchev–Trinajstić information content (AvgIpc) is 2.54. The van der Waals surface area contributed by atoms with E-state index in [1.165, 1.54) is 0 Å². The lowest BCUT2D eigenvalue weighted by molar-refractivity contribution is 0.0620. The monoisotopic (exact) mass is 312 g/mol. The molecule has 0 saturated heterocycles. The Labute approximate surface area is 136 Å². The van der Waals surface area contributed by atoms with E-state index >= 15 is 0 Å². The molecular weight excluding hydrogens is 288 g/mol. The maximum atomic E-state index is 13.0. The number of aromatic amines is 1. The second-order valence-corrected chi connectivity index (χ2v) is 6.52. The Kier molecular flexibility index (Phi) is 4.51. The Hall–Kier alpha value is -2.10. The molecule has 1 aliphatic heterocycles. The minimum Gasteiger partial charge on any atom is -0.329 e. The van der Waals surface area contributed by atoms with E-state index < -0.39 is 0 Å². The van der Waals surface area contributed by atoms with Gasteiger partial charge in [0.05, 0.1) is 0 Å². The molecular formula is C19H24N2O2. The number of nitrogens with one attached hydrogen (secondary N) is 1. The Bertz CT molecular complexity index is 702. The molecule has 2 atom stereocenters. The molecule has 1 aromatic heterocycles. The molecule has 0 radical (unpaired) electrons. The molecule has 1 aliphatic carbocycles. The number of pyridine rings is 1. The predicted octanol–water partition coefficient (Wildman–Crippen LogP) is 2.99. The van der Waals surface area contributed by atoms with Crippen molar-refractivity contribution < 1.29 is 4.79 Å². The zero-order valence-corrected chi connectivity index (χ0v) is 13.7. The largest absolute Gasteiger partial charge is 0.329 e. The summed E-state index contributed by atoms with van der Waals surface area (Å²) in [5, 5.41) is 0. The Balaban J connectivity index is 1.97. The number of hydrogen-bond acceptors (Lipinski definition) is 2. The number of aromatic nitrogens is 1. The van der Waals surface area contributed by atoms with Crippen LogP contribution in [0.1, 0.15) is 54.2 Å². The average molecular weight is 312 g/mol. The summed E-state index contributed by atoms with van der Waals surface area (Å²) in [5.41, 5.74) is 2.16. The molecule has 1 amide bonds. The molecule has 0 bridgehead atoms. The van der Waals surface area contributed by atoms with E-state index in [0.29, 0.717) is 0 Å².